The SMILES string of the molecule is COc1ccc(CCOC2O[C@H](CO)[C@@H](O)[C@H](O)[C@H]2O)cc1O. The van der Waals surface area contributed by atoms with Crippen LogP contribution in [-0.2, 0) is 15.9 Å². The van der Waals surface area contributed by atoms with Gasteiger partial charge in [-0.1, -0.05) is 6.07 Å². The van der Waals surface area contributed by atoms with Crippen molar-refractivity contribution in [1.29, 1.82) is 0 Å². The van der Waals surface area contributed by atoms with E-state index in [0.717, 1.165) is 5.56 Å². The Bertz CT molecular complexity index is 506. The van der Waals surface area contributed by atoms with Gasteiger partial charge in [0.15, 0.2) is 17.8 Å². The van der Waals surface area contributed by atoms with Crippen molar-refractivity contribution in [2.75, 3.05) is 20.3 Å². The molecule has 0 amide bonds. The van der Waals surface area contributed by atoms with Crippen LogP contribution in [0.25, 0.3) is 0 Å². The van der Waals surface area contributed by atoms with Crippen molar-refractivity contribution < 1.29 is 39.7 Å². The smallest absolute Gasteiger partial charge is 0.186 e. The number of hydrogen-bond acceptors (Lipinski definition) is 8. The summed E-state index contributed by atoms with van der Waals surface area (Å²) in [7, 11) is 1.46. The normalized spacial score (nSPS) is 31.1. The molecule has 1 aliphatic heterocycles. The number of aliphatic hydroxyl groups excluding tert-OH is 4. The Kier molecular flexibility index (Phi) is 6.17. The van der Waals surface area contributed by atoms with Crippen LogP contribution in [0.3, 0.4) is 0 Å². The lowest BCUT2D eigenvalue weighted by atomic mass is 9.99. The van der Waals surface area contributed by atoms with Gasteiger partial charge in [0.25, 0.3) is 0 Å². The lowest BCUT2D eigenvalue weighted by Crippen LogP contribution is -2.59. The number of ether oxygens (including phenoxy) is 3. The summed E-state index contributed by atoms with van der Waals surface area (Å²) in [5, 5.41) is 47.9. The van der Waals surface area contributed by atoms with Crippen LogP contribution in [0, 0.1) is 0 Å². The van der Waals surface area contributed by atoms with Gasteiger partial charge in [0.05, 0.1) is 20.3 Å². The molecule has 1 saturated heterocycles. The van der Waals surface area contributed by atoms with Gasteiger partial charge in [0.1, 0.15) is 24.4 Å². The summed E-state index contributed by atoms with van der Waals surface area (Å²) in [5.41, 5.74) is 0.785. The van der Waals surface area contributed by atoms with Gasteiger partial charge in [-0.2, -0.15) is 0 Å². The summed E-state index contributed by atoms with van der Waals surface area (Å²) in [5.74, 6) is 0.376. The molecule has 5 atom stereocenters. The van der Waals surface area contributed by atoms with Crippen LogP contribution >= 0.6 is 0 Å². The predicted octanol–water partition coefficient (Wildman–Crippen LogP) is -1.24. The van der Waals surface area contributed by atoms with Crippen molar-refractivity contribution in [3.05, 3.63) is 23.8 Å². The average Bonchev–Trinajstić information content (AvgIpc) is 2.55. The van der Waals surface area contributed by atoms with E-state index in [1.165, 1.54) is 13.2 Å². The highest BCUT2D eigenvalue weighted by Gasteiger charge is 2.43. The Balaban J connectivity index is 1.89. The van der Waals surface area contributed by atoms with Gasteiger partial charge in [-0.3, -0.25) is 0 Å². The molecule has 1 aromatic carbocycles. The number of methoxy groups -OCH3 is 1. The van der Waals surface area contributed by atoms with Gasteiger partial charge < -0.3 is 39.7 Å². The summed E-state index contributed by atoms with van der Waals surface area (Å²) >= 11 is 0. The fourth-order valence-electron chi connectivity index (χ4n) is 2.39. The molecular formula is C15H22O8. The Morgan fingerprint density at radius 1 is 1.13 bits per heavy atom. The minimum atomic E-state index is -1.46. The summed E-state index contributed by atoms with van der Waals surface area (Å²) in [6.45, 7) is -0.356. The van der Waals surface area contributed by atoms with Gasteiger partial charge >= 0.3 is 0 Å². The summed E-state index contributed by atoms with van der Waals surface area (Å²) in [6, 6.07) is 4.92. The minimum absolute atomic E-state index is 0.0119. The van der Waals surface area contributed by atoms with E-state index in [-0.39, 0.29) is 12.4 Å². The zero-order valence-electron chi connectivity index (χ0n) is 12.7. The molecule has 5 N–H and O–H groups in total. The predicted molar refractivity (Wildman–Crippen MR) is 78.1 cm³/mol. The molecule has 2 rings (SSSR count). The average molecular weight is 330 g/mol. The molecule has 0 spiro atoms. The highest BCUT2D eigenvalue weighted by Crippen LogP contribution is 2.27. The maximum atomic E-state index is 9.83. The number of benzene rings is 1. The molecule has 1 aromatic rings. The van der Waals surface area contributed by atoms with Crippen LogP contribution in [0.2, 0.25) is 0 Å². The van der Waals surface area contributed by atoms with Gasteiger partial charge in [-0.15, -0.1) is 0 Å². The van der Waals surface area contributed by atoms with Gasteiger partial charge in [-0.25, -0.2) is 0 Å². The van der Waals surface area contributed by atoms with Crippen molar-refractivity contribution in [3.63, 3.8) is 0 Å². The molecule has 0 radical (unpaired) electrons. The van der Waals surface area contributed by atoms with E-state index in [4.69, 9.17) is 19.3 Å². The zero-order valence-corrected chi connectivity index (χ0v) is 12.7. The van der Waals surface area contributed by atoms with Gasteiger partial charge in [-0.05, 0) is 24.1 Å². The van der Waals surface area contributed by atoms with Crippen molar-refractivity contribution in [3.8, 4) is 11.5 Å². The topological polar surface area (TPSA) is 129 Å². The summed E-state index contributed by atoms with van der Waals surface area (Å²) in [4.78, 5) is 0. The maximum absolute atomic E-state index is 9.83. The highest BCUT2D eigenvalue weighted by molar-refractivity contribution is 5.41. The van der Waals surface area contributed by atoms with Crippen LogP contribution in [0.15, 0.2) is 18.2 Å². The zero-order chi connectivity index (χ0) is 17.0. The Hall–Kier alpha value is -1.42. The lowest BCUT2D eigenvalue weighted by Gasteiger charge is -2.39. The number of rotatable bonds is 6. The second-order valence-electron chi connectivity index (χ2n) is 5.32. The number of phenolic OH excluding ortho intramolecular Hbond substituents is 1. The molecule has 1 fully saturated rings. The largest absolute Gasteiger partial charge is 0.504 e. The molecule has 0 saturated carbocycles. The first-order valence-electron chi connectivity index (χ1n) is 7.26. The lowest BCUT2D eigenvalue weighted by molar-refractivity contribution is -0.300. The molecule has 8 heteroatoms. The molecule has 8 nitrogen and oxygen atoms in total. The molecule has 0 aromatic heterocycles. The first-order valence-corrected chi connectivity index (χ1v) is 7.26. The Morgan fingerprint density at radius 3 is 2.48 bits per heavy atom. The Morgan fingerprint density at radius 2 is 1.87 bits per heavy atom. The van der Waals surface area contributed by atoms with E-state index in [9.17, 15) is 20.4 Å². The third-order valence-electron chi connectivity index (χ3n) is 3.76. The van der Waals surface area contributed by atoms with E-state index < -0.39 is 37.3 Å². The molecule has 130 valence electrons. The molecule has 23 heavy (non-hydrogen) atoms. The van der Waals surface area contributed by atoms with Crippen LogP contribution in [0.5, 0.6) is 11.5 Å². The minimum Gasteiger partial charge on any atom is -0.504 e. The van der Waals surface area contributed by atoms with Crippen LogP contribution in [-0.4, -0.2) is 76.6 Å². The Labute approximate surface area is 133 Å². The third kappa shape index (κ3) is 4.11. The van der Waals surface area contributed by atoms with Gasteiger partial charge in [0, 0.05) is 0 Å². The fraction of sp³-hybridized carbons (Fsp3) is 0.600. The first-order chi connectivity index (χ1) is 11.0. The van der Waals surface area contributed by atoms with Gasteiger partial charge in [0.2, 0.25) is 0 Å². The molecular weight excluding hydrogens is 308 g/mol. The number of phenols is 1. The second kappa shape index (κ2) is 7.91. The van der Waals surface area contributed by atoms with Crippen LogP contribution in [0.1, 0.15) is 5.56 Å². The standard InChI is InChI=1S/C15H22O8/c1-21-10-3-2-8(6-9(10)17)4-5-22-15-14(20)13(19)12(18)11(7-16)23-15/h2-3,6,11-20H,4-5,7H2,1H3/t11-,12-,13+,14-,15?/m1/s1. The van der Waals surface area contributed by atoms with Crippen molar-refractivity contribution >= 4 is 0 Å². The number of aliphatic hydroxyl groups is 4. The summed E-state index contributed by atoms with van der Waals surface area (Å²) in [6.07, 6.45) is -6.02. The highest BCUT2D eigenvalue weighted by atomic mass is 16.7. The quantitative estimate of drug-likeness (QED) is 0.438. The van der Waals surface area contributed by atoms with E-state index in [0.29, 0.717) is 12.2 Å². The number of aromatic hydroxyl groups is 1. The summed E-state index contributed by atoms with van der Waals surface area (Å²) < 4.78 is 15.6. The van der Waals surface area contributed by atoms with Crippen LogP contribution < -0.4 is 4.74 Å². The molecule has 0 bridgehead atoms. The molecule has 0 aliphatic carbocycles. The maximum Gasteiger partial charge on any atom is 0.186 e. The van der Waals surface area contributed by atoms with Crippen molar-refractivity contribution in [2.24, 2.45) is 0 Å². The fourth-order valence-corrected chi connectivity index (χ4v) is 2.39. The molecule has 1 unspecified atom stereocenters. The third-order valence-corrected chi connectivity index (χ3v) is 3.76. The van der Waals surface area contributed by atoms with Crippen molar-refractivity contribution in [1.82, 2.24) is 0 Å². The van der Waals surface area contributed by atoms with Crippen molar-refractivity contribution in [2.45, 2.75) is 37.1 Å². The monoisotopic (exact) mass is 330 g/mol. The first kappa shape index (κ1) is 17.9. The molecule has 1 aliphatic rings. The molecule has 1 heterocycles. The number of hydrogen-bond donors (Lipinski definition) is 5. The van der Waals surface area contributed by atoms with E-state index >= 15 is 0 Å². The van der Waals surface area contributed by atoms with E-state index in [1.54, 1.807) is 12.1 Å². The second-order valence-corrected chi connectivity index (χ2v) is 5.32. The van der Waals surface area contributed by atoms with Crippen LogP contribution in [0.4, 0.5) is 0 Å². The van der Waals surface area contributed by atoms with E-state index in [1.807, 2.05) is 0 Å². The van der Waals surface area contributed by atoms with E-state index in [2.05, 4.69) is 0 Å².